The third-order valence-electron chi connectivity index (χ3n) is 6.24. The molecule has 1 saturated carbocycles. The first-order valence-corrected chi connectivity index (χ1v) is 10.9. The standard InChI is InChI=1S/C21H37N5O/c1-4-17(5-2)20-12-19(27-25-20)13-23-21(22-3)24-18-10-11-26(15-18)14-16-8-6-7-9-16/h12,16-18H,4-11,13-15H2,1-3H3,(H2,22,23,24). The first-order valence-electron chi connectivity index (χ1n) is 10.9. The average molecular weight is 376 g/mol. The fraction of sp³-hybridized carbons (Fsp3) is 0.810. The van der Waals surface area contributed by atoms with E-state index in [1.165, 1.54) is 45.2 Å². The minimum Gasteiger partial charge on any atom is -0.359 e. The Balaban J connectivity index is 1.42. The Bertz CT molecular complexity index is 589. The van der Waals surface area contributed by atoms with E-state index in [2.05, 4.69) is 45.6 Å². The highest BCUT2D eigenvalue weighted by molar-refractivity contribution is 5.79. The van der Waals surface area contributed by atoms with Crippen molar-refractivity contribution in [3.8, 4) is 0 Å². The number of guanidine groups is 1. The van der Waals surface area contributed by atoms with Gasteiger partial charge < -0.3 is 20.1 Å². The summed E-state index contributed by atoms with van der Waals surface area (Å²) in [5, 5.41) is 11.2. The number of aliphatic imine (C=N–C) groups is 1. The lowest BCUT2D eigenvalue weighted by atomic mass is 9.99. The molecule has 2 N–H and O–H groups in total. The molecular weight excluding hydrogens is 338 g/mol. The second-order valence-corrected chi connectivity index (χ2v) is 8.20. The van der Waals surface area contributed by atoms with Crippen molar-refractivity contribution in [1.82, 2.24) is 20.7 Å². The van der Waals surface area contributed by atoms with E-state index in [1.807, 2.05) is 7.05 Å². The minimum atomic E-state index is 0.479. The fourth-order valence-corrected chi connectivity index (χ4v) is 4.54. The van der Waals surface area contributed by atoms with Crippen LogP contribution in [-0.4, -0.2) is 48.7 Å². The van der Waals surface area contributed by atoms with Crippen LogP contribution in [0.4, 0.5) is 0 Å². The molecule has 0 spiro atoms. The lowest BCUT2D eigenvalue weighted by Gasteiger charge is -2.21. The van der Waals surface area contributed by atoms with Crippen LogP contribution in [0.5, 0.6) is 0 Å². The maximum Gasteiger partial charge on any atom is 0.191 e. The summed E-state index contributed by atoms with van der Waals surface area (Å²) in [6.07, 6.45) is 9.08. The first-order chi connectivity index (χ1) is 13.2. The zero-order valence-corrected chi connectivity index (χ0v) is 17.3. The third-order valence-corrected chi connectivity index (χ3v) is 6.24. The summed E-state index contributed by atoms with van der Waals surface area (Å²) in [5.74, 6) is 3.14. The van der Waals surface area contributed by atoms with Crippen LogP contribution in [0.1, 0.15) is 76.2 Å². The molecule has 3 rings (SSSR count). The van der Waals surface area contributed by atoms with Crippen molar-refractivity contribution in [2.45, 2.75) is 77.3 Å². The van der Waals surface area contributed by atoms with E-state index in [4.69, 9.17) is 4.52 Å². The van der Waals surface area contributed by atoms with Crippen LogP contribution in [0.2, 0.25) is 0 Å². The third kappa shape index (κ3) is 5.71. The lowest BCUT2D eigenvalue weighted by Crippen LogP contribution is -2.44. The summed E-state index contributed by atoms with van der Waals surface area (Å²) >= 11 is 0. The van der Waals surface area contributed by atoms with Crippen LogP contribution in [0.15, 0.2) is 15.6 Å². The summed E-state index contributed by atoms with van der Waals surface area (Å²) in [4.78, 5) is 7.01. The van der Waals surface area contributed by atoms with Gasteiger partial charge in [0, 0.05) is 44.7 Å². The summed E-state index contributed by atoms with van der Waals surface area (Å²) in [6, 6.07) is 2.56. The molecule has 6 nitrogen and oxygen atoms in total. The zero-order chi connectivity index (χ0) is 19.1. The van der Waals surface area contributed by atoms with Crippen LogP contribution in [0.25, 0.3) is 0 Å². The molecule has 1 aliphatic carbocycles. The Kier molecular flexibility index (Phi) is 7.56. The van der Waals surface area contributed by atoms with E-state index in [-0.39, 0.29) is 0 Å². The number of nitrogens with zero attached hydrogens (tertiary/aromatic N) is 3. The topological polar surface area (TPSA) is 65.7 Å². The summed E-state index contributed by atoms with van der Waals surface area (Å²) in [7, 11) is 1.83. The molecule has 2 fully saturated rings. The Morgan fingerprint density at radius 2 is 2.07 bits per heavy atom. The molecule has 27 heavy (non-hydrogen) atoms. The maximum atomic E-state index is 5.50. The Hall–Kier alpha value is -1.56. The molecule has 1 atom stereocenters. The highest BCUT2D eigenvalue weighted by Gasteiger charge is 2.26. The predicted molar refractivity (Wildman–Crippen MR) is 110 cm³/mol. The molecule has 1 saturated heterocycles. The number of rotatable bonds is 8. The SMILES string of the molecule is CCC(CC)c1cc(CNC(=NC)NC2CCN(CC3CCCC3)C2)on1. The van der Waals surface area contributed by atoms with Crippen LogP contribution >= 0.6 is 0 Å². The number of hydrogen-bond acceptors (Lipinski definition) is 4. The first kappa shape index (κ1) is 20.2. The molecule has 1 aliphatic heterocycles. The normalized spacial score (nSPS) is 22.1. The van der Waals surface area contributed by atoms with Crippen molar-refractivity contribution in [3.63, 3.8) is 0 Å². The molecule has 0 aromatic carbocycles. The van der Waals surface area contributed by atoms with Crippen molar-refractivity contribution in [1.29, 1.82) is 0 Å². The van der Waals surface area contributed by atoms with Crippen molar-refractivity contribution in [2.75, 3.05) is 26.7 Å². The zero-order valence-electron chi connectivity index (χ0n) is 17.3. The van der Waals surface area contributed by atoms with Gasteiger partial charge in [0.25, 0.3) is 0 Å². The van der Waals surface area contributed by atoms with Gasteiger partial charge in [-0.05, 0) is 38.0 Å². The van der Waals surface area contributed by atoms with Gasteiger partial charge in [0.1, 0.15) is 0 Å². The van der Waals surface area contributed by atoms with Crippen LogP contribution in [-0.2, 0) is 6.54 Å². The van der Waals surface area contributed by atoms with Crippen LogP contribution < -0.4 is 10.6 Å². The van der Waals surface area contributed by atoms with Gasteiger partial charge in [0.2, 0.25) is 0 Å². The maximum absolute atomic E-state index is 5.50. The van der Waals surface area contributed by atoms with Gasteiger partial charge in [-0.2, -0.15) is 0 Å². The van der Waals surface area contributed by atoms with E-state index in [0.29, 0.717) is 18.5 Å². The number of hydrogen-bond donors (Lipinski definition) is 2. The number of nitrogens with one attached hydrogen (secondary N) is 2. The van der Waals surface area contributed by atoms with E-state index in [9.17, 15) is 0 Å². The average Bonchev–Trinajstić information content (AvgIpc) is 3.43. The lowest BCUT2D eigenvalue weighted by molar-refractivity contribution is 0.275. The van der Waals surface area contributed by atoms with Gasteiger partial charge in [-0.3, -0.25) is 4.99 Å². The molecule has 1 aromatic heterocycles. The largest absolute Gasteiger partial charge is 0.359 e. The van der Waals surface area contributed by atoms with Gasteiger partial charge in [0.05, 0.1) is 12.2 Å². The second-order valence-electron chi connectivity index (χ2n) is 8.20. The minimum absolute atomic E-state index is 0.479. The molecule has 0 bridgehead atoms. The molecule has 0 radical (unpaired) electrons. The van der Waals surface area contributed by atoms with Crippen molar-refractivity contribution >= 4 is 5.96 Å². The Labute approximate surface area is 164 Å². The molecule has 152 valence electrons. The molecule has 1 aromatic rings. The monoisotopic (exact) mass is 375 g/mol. The van der Waals surface area contributed by atoms with Gasteiger partial charge >= 0.3 is 0 Å². The molecule has 0 amide bonds. The Morgan fingerprint density at radius 1 is 1.30 bits per heavy atom. The molecule has 6 heteroatoms. The van der Waals surface area contributed by atoms with E-state index < -0.39 is 0 Å². The van der Waals surface area contributed by atoms with Gasteiger partial charge in [-0.1, -0.05) is 31.8 Å². The fourth-order valence-electron chi connectivity index (χ4n) is 4.54. The molecule has 2 heterocycles. The second kappa shape index (κ2) is 10.1. The van der Waals surface area contributed by atoms with Crippen molar-refractivity contribution < 1.29 is 4.52 Å². The highest BCUT2D eigenvalue weighted by atomic mass is 16.5. The van der Waals surface area contributed by atoms with Crippen molar-refractivity contribution in [3.05, 3.63) is 17.5 Å². The molecule has 2 aliphatic rings. The van der Waals surface area contributed by atoms with Gasteiger partial charge in [-0.15, -0.1) is 0 Å². The number of likely N-dealkylation sites (tertiary alicyclic amines) is 1. The Morgan fingerprint density at radius 3 is 2.78 bits per heavy atom. The quantitative estimate of drug-likeness (QED) is 0.538. The smallest absolute Gasteiger partial charge is 0.191 e. The predicted octanol–water partition coefficient (Wildman–Crippen LogP) is 3.51. The van der Waals surface area contributed by atoms with Crippen LogP contribution in [0, 0.1) is 5.92 Å². The van der Waals surface area contributed by atoms with Gasteiger partial charge in [0.15, 0.2) is 11.7 Å². The highest BCUT2D eigenvalue weighted by Crippen LogP contribution is 2.26. The van der Waals surface area contributed by atoms with E-state index in [1.54, 1.807) is 0 Å². The molecule has 1 unspecified atom stereocenters. The summed E-state index contributed by atoms with van der Waals surface area (Å²) in [6.45, 7) is 8.62. The summed E-state index contributed by atoms with van der Waals surface area (Å²) in [5.41, 5.74) is 1.07. The van der Waals surface area contributed by atoms with E-state index in [0.717, 1.165) is 42.7 Å². The van der Waals surface area contributed by atoms with Crippen molar-refractivity contribution in [2.24, 2.45) is 10.9 Å². The number of aromatic nitrogens is 1. The van der Waals surface area contributed by atoms with E-state index >= 15 is 0 Å². The van der Waals surface area contributed by atoms with Gasteiger partial charge in [-0.25, -0.2) is 0 Å². The summed E-state index contributed by atoms with van der Waals surface area (Å²) < 4.78 is 5.50. The molecular formula is C21H37N5O. The van der Waals surface area contributed by atoms with Crippen LogP contribution in [0.3, 0.4) is 0 Å².